The molecule has 0 radical (unpaired) electrons. The van der Waals surface area contributed by atoms with Crippen LogP contribution in [0, 0.1) is 5.95 Å². The van der Waals surface area contributed by atoms with Crippen LogP contribution in [0.5, 0.6) is 5.75 Å². The van der Waals surface area contributed by atoms with Crippen molar-refractivity contribution in [2.24, 2.45) is 0 Å². The number of aromatic nitrogens is 1. The molecule has 0 unspecified atom stereocenters. The van der Waals surface area contributed by atoms with Gasteiger partial charge in [0, 0.05) is 0 Å². The highest BCUT2D eigenvalue weighted by molar-refractivity contribution is 9.10. The number of hydrogen-bond acceptors (Lipinski definition) is 4. The molecule has 2 aromatic rings. The average molecular weight is 361 g/mol. The van der Waals surface area contributed by atoms with Crippen LogP contribution in [0.3, 0.4) is 0 Å². The Morgan fingerprint density at radius 3 is 2.65 bits per heavy atom. The van der Waals surface area contributed by atoms with Crippen molar-refractivity contribution in [2.45, 2.75) is 4.90 Å². The quantitative estimate of drug-likeness (QED) is 0.851. The van der Waals surface area contributed by atoms with Crippen LogP contribution in [0.1, 0.15) is 0 Å². The molecule has 1 N–H and O–H groups in total. The number of hydrogen-bond donors (Lipinski definition) is 1. The molecule has 0 aliphatic carbocycles. The molecule has 106 valence electrons. The Bertz CT molecular complexity index is 737. The van der Waals surface area contributed by atoms with E-state index >= 15 is 0 Å². The maximum absolute atomic E-state index is 12.9. The third-order valence-corrected chi connectivity index (χ3v) is 4.36. The summed E-state index contributed by atoms with van der Waals surface area (Å²) in [6, 6.07) is 8.13. The van der Waals surface area contributed by atoms with Crippen molar-refractivity contribution in [3.05, 3.63) is 46.8 Å². The number of nitrogens with zero attached hydrogens (tertiary/aromatic N) is 1. The number of anilines is 1. The average Bonchev–Trinajstić information content (AvgIpc) is 2.38. The van der Waals surface area contributed by atoms with Crippen molar-refractivity contribution in [3.8, 4) is 5.75 Å². The standard InChI is InChI=1S/C12H10BrFN2O3S/c1-19-10-6-5-8(7-9(10)13)20(17,18)16-12-4-2-3-11(14)15-12/h2-7H,1H3,(H,15,16). The summed E-state index contributed by atoms with van der Waals surface area (Å²) >= 11 is 3.20. The molecule has 0 amide bonds. The summed E-state index contributed by atoms with van der Waals surface area (Å²) in [6.45, 7) is 0. The number of ether oxygens (including phenoxy) is 1. The Morgan fingerprint density at radius 1 is 1.30 bits per heavy atom. The van der Waals surface area contributed by atoms with Gasteiger partial charge in [-0.15, -0.1) is 0 Å². The molecule has 8 heteroatoms. The van der Waals surface area contributed by atoms with Crippen molar-refractivity contribution >= 4 is 31.8 Å². The SMILES string of the molecule is COc1ccc(S(=O)(=O)Nc2cccc(F)n2)cc1Br. The van der Waals surface area contributed by atoms with E-state index in [0.29, 0.717) is 10.2 Å². The predicted molar refractivity (Wildman–Crippen MR) is 75.7 cm³/mol. The van der Waals surface area contributed by atoms with Crippen molar-refractivity contribution in [1.82, 2.24) is 4.98 Å². The van der Waals surface area contributed by atoms with Crippen LogP contribution in [0.15, 0.2) is 45.8 Å². The monoisotopic (exact) mass is 360 g/mol. The van der Waals surface area contributed by atoms with E-state index in [1.54, 1.807) is 0 Å². The van der Waals surface area contributed by atoms with E-state index in [2.05, 4.69) is 25.6 Å². The van der Waals surface area contributed by atoms with Gasteiger partial charge >= 0.3 is 0 Å². The van der Waals surface area contributed by atoms with Gasteiger partial charge < -0.3 is 4.74 Å². The summed E-state index contributed by atoms with van der Waals surface area (Å²) < 4.78 is 44.9. The van der Waals surface area contributed by atoms with Gasteiger partial charge in [0.05, 0.1) is 16.5 Å². The fraction of sp³-hybridized carbons (Fsp3) is 0.0833. The van der Waals surface area contributed by atoms with Crippen molar-refractivity contribution in [3.63, 3.8) is 0 Å². The molecule has 0 aliphatic heterocycles. The summed E-state index contributed by atoms with van der Waals surface area (Å²) in [5.74, 6) is -0.342. The molecule has 1 heterocycles. The first-order chi connectivity index (χ1) is 9.42. The van der Waals surface area contributed by atoms with E-state index in [1.807, 2.05) is 0 Å². The molecule has 1 aromatic carbocycles. The van der Waals surface area contributed by atoms with Crippen molar-refractivity contribution < 1.29 is 17.5 Å². The predicted octanol–water partition coefficient (Wildman–Crippen LogP) is 2.79. The van der Waals surface area contributed by atoms with E-state index in [-0.39, 0.29) is 10.7 Å². The number of nitrogens with one attached hydrogen (secondary N) is 1. The number of sulfonamides is 1. The van der Waals surface area contributed by atoms with Crippen LogP contribution in [0.25, 0.3) is 0 Å². The van der Waals surface area contributed by atoms with Gasteiger partial charge in [-0.2, -0.15) is 4.39 Å². The lowest BCUT2D eigenvalue weighted by Gasteiger charge is -2.09. The summed E-state index contributed by atoms with van der Waals surface area (Å²) in [7, 11) is -2.37. The molecule has 0 aliphatic rings. The molecule has 2 rings (SSSR count). The minimum atomic E-state index is -3.84. The zero-order valence-electron chi connectivity index (χ0n) is 10.3. The largest absolute Gasteiger partial charge is 0.496 e. The smallest absolute Gasteiger partial charge is 0.263 e. The topological polar surface area (TPSA) is 68.3 Å². The second kappa shape index (κ2) is 5.76. The molecule has 0 fully saturated rings. The minimum absolute atomic E-state index is 0.0104. The summed E-state index contributed by atoms with van der Waals surface area (Å²) in [4.78, 5) is 3.46. The lowest BCUT2D eigenvalue weighted by Crippen LogP contribution is -2.14. The first-order valence-corrected chi connectivity index (χ1v) is 7.69. The van der Waals surface area contributed by atoms with Gasteiger partial charge in [-0.05, 0) is 46.3 Å². The lowest BCUT2D eigenvalue weighted by molar-refractivity contribution is 0.411. The molecule has 0 saturated carbocycles. The molecular weight excluding hydrogens is 351 g/mol. The maximum atomic E-state index is 12.9. The molecule has 0 spiro atoms. The summed E-state index contributed by atoms with van der Waals surface area (Å²) in [5.41, 5.74) is 0. The molecule has 20 heavy (non-hydrogen) atoms. The third kappa shape index (κ3) is 3.26. The second-order valence-electron chi connectivity index (χ2n) is 3.75. The van der Waals surface area contributed by atoms with Gasteiger partial charge in [-0.3, -0.25) is 4.72 Å². The van der Waals surface area contributed by atoms with Gasteiger partial charge in [0.15, 0.2) is 0 Å². The summed E-state index contributed by atoms with van der Waals surface area (Å²) in [6.07, 6.45) is 0. The highest BCUT2D eigenvalue weighted by Crippen LogP contribution is 2.28. The lowest BCUT2D eigenvalue weighted by atomic mass is 10.3. The Balaban J connectivity index is 2.33. The Labute approximate surface area is 124 Å². The number of benzene rings is 1. The number of rotatable bonds is 4. The van der Waals surface area contributed by atoms with Crippen molar-refractivity contribution in [1.29, 1.82) is 0 Å². The first-order valence-electron chi connectivity index (χ1n) is 5.41. The van der Waals surface area contributed by atoms with Crippen LogP contribution >= 0.6 is 15.9 Å². The van der Waals surface area contributed by atoms with Gasteiger partial charge in [0.25, 0.3) is 10.0 Å². The summed E-state index contributed by atoms with van der Waals surface area (Å²) in [5, 5.41) is 0. The van der Waals surface area contributed by atoms with Gasteiger partial charge in [-0.25, -0.2) is 13.4 Å². The fourth-order valence-corrected chi connectivity index (χ4v) is 3.20. The Morgan fingerprint density at radius 2 is 2.05 bits per heavy atom. The van der Waals surface area contributed by atoms with Crippen LogP contribution in [0.4, 0.5) is 10.2 Å². The number of halogens is 2. The molecule has 0 bridgehead atoms. The zero-order valence-corrected chi connectivity index (χ0v) is 12.7. The first kappa shape index (κ1) is 14.7. The molecule has 0 atom stereocenters. The Hall–Kier alpha value is -1.67. The van der Waals surface area contributed by atoms with E-state index in [4.69, 9.17) is 4.74 Å². The highest BCUT2D eigenvalue weighted by atomic mass is 79.9. The minimum Gasteiger partial charge on any atom is -0.496 e. The van der Waals surface area contributed by atoms with Crippen LogP contribution < -0.4 is 9.46 Å². The molecule has 1 aromatic heterocycles. The van der Waals surface area contributed by atoms with Crippen LogP contribution in [-0.4, -0.2) is 20.5 Å². The molecule has 0 saturated heterocycles. The van der Waals surface area contributed by atoms with Gasteiger partial charge in [0.2, 0.25) is 5.95 Å². The van der Waals surface area contributed by atoms with E-state index in [0.717, 1.165) is 6.07 Å². The van der Waals surface area contributed by atoms with E-state index in [9.17, 15) is 12.8 Å². The normalized spacial score (nSPS) is 11.2. The van der Waals surface area contributed by atoms with Crippen molar-refractivity contribution in [2.75, 3.05) is 11.8 Å². The van der Waals surface area contributed by atoms with Crippen LogP contribution in [-0.2, 0) is 10.0 Å². The highest BCUT2D eigenvalue weighted by Gasteiger charge is 2.16. The maximum Gasteiger partial charge on any atom is 0.263 e. The van der Waals surface area contributed by atoms with Gasteiger partial charge in [0.1, 0.15) is 11.6 Å². The van der Waals surface area contributed by atoms with Gasteiger partial charge in [-0.1, -0.05) is 6.07 Å². The van der Waals surface area contributed by atoms with Crippen LogP contribution in [0.2, 0.25) is 0 Å². The third-order valence-electron chi connectivity index (χ3n) is 2.39. The van der Waals surface area contributed by atoms with E-state index < -0.39 is 16.0 Å². The second-order valence-corrected chi connectivity index (χ2v) is 6.28. The molecular formula is C12H10BrFN2O3S. The van der Waals surface area contributed by atoms with E-state index in [1.165, 1.54) is 37.4 Å². The fourth-order valence-electron chi connectivity index (χ4n) is 1.48. The number of pyridine rings is 1. The Kier molecular flexibility index (Phi) is 4.24. The number of methoxy groups -OCH3 is 1. The zero-order chi connectivity index (χ0) is 14.8. The molecule has 5 nitrogen and oxygen atoms in total.